The fraction of sp³-hybridized carbons (Fsp3) is 0.250. The lowest BCUT2D eigenvalue weighted by molar-refractivity contribution is 0.688. The molecule has 0 fully saturated rings. The summed E-state index contributed by atoms with van der Waals surface area (Å²) in [5.74, 6) is 0. The number of rotatable bonds is 2. The van der Waals surface area contributed by atoms with Gasteiger partial charge in [-0.15, -0.1) is 0 Å². The minimum Gasteiger partial charge on any atom is -0.399 e. The van der Waals surface area contributed by atoms with E-state index in [9.17, 15) is 0 Å². The molecular formula is C16H19N3. The molecular weight excluding hydrogens is 234 g/mol. The minimum atomic E-state index is 0.832. The van der Waals surface area contributed by atoms with Gasteiger partial charge in [0.1, 0.15) is 0 Å². The van der Waals surface area contributed by atoms with Crippen molar-refractivity contribution in [1.82, 2.24) is 5.32 Å². The smallest absolute Gasteiger partial charge is 0.0430 e. The number of para-hydroxylation sites is 1. The highest BCUT2D eigenvalue weighted by molar-refractivity contribution is 5.55. The van der Waals surface area contributed by atoms with E-state index in [4.69, 9.17) is 5.73 Å². The van der Waals surface area contributed by atoms with E-state index in [0.29, 0.717) is 0 Å². The number of hydrogen-bond acceptors (Lipinski definition) is 3. The summed E-state index contributed by atoms with van der Waals surface area (Å²) in [5, 5.41) is 3.46. The highest BCUT2D eigenvalue weighted by Crippen LogP contribution is 2.24. The Bertz CT molecular complexity index is 565. The van der Waals surface area contributed by atoms with Crippen LogP contribution < -0.4 is 16.0 Å². The van der Waals surface area contributed by atoms with Gasteiger partial charge in [0.15, 0.2) is 0 Å². The molecule has 0 radical (unpaired) electrons. The summed E-state index contributed by atoms with van der Waals surface area (Å²) in [6, 6.07) is 16.8. The predicted molar refractivity (Wildman–Crippen MR) is 80.1 cm³/mol. The van der Waals surface area contributed by atoms with Gasteiger partial charge >= 0.3 is 0 Å². The number of fused-ring (bicyclic) bond motifs is 1. The van der Waals surface area contributed by atoms with Crippen LogP contribution in [0, 0.1) is 0 Å². The standard InChI is InChI=1S/C16H19N3/c17-15-6-3-4-13(10-15)12-19-9-8-18-11-14-5-1-2-7-16(14)19/h1-7,10,18H,8-9,11-12,17H2. The second-order valence-corrected chi connectivity index (χ2v) is 4.97. The van der Waals surface area contributed by atoms with Crippen molar-refractivity contribution in [3.63, 3.8) is 0 Å². The van der Waals surface area contributed by atoms with Crippen LogP contribution in [0.3, 0.4) is 0 Å². The fourth-order valence-electron chi connectivity index (χ4n) is 2.60. The van der Waals surface area contributed by atoms with Crippen LogP contribution >= 0.6 is 0 Å². The summed E-state index contributed by atoms with van der Waals surface area (Å²) < 4.78 is 0. The van der Waals surface area contributed by atoms with Crippen molar-refractivity contribution >= 4 is 11.4 Å². The molecule has 2 aromatic rings. The van der Waals surface area contributed by atoms with Crippen LogP contribution in [0.1, 0.15) is 11.1 Å². The number of nitrogens with zero attached hydrogens (tertiary/aromatic N) is 1. The highest BCUT2D eigenvalue weighted by atomic mass is 15.2. The molecule has 1 heterocycles. The molecule has 0 bridgehead atoms. The maximum Gasteiger partial charge on any atom is 0.0430 e. The lowest BCUT2D eigenvalue weighted by atomic mass is 10.1. The Labute approximate surface area is 114 Å². The van der Waals surface area contributed by atoms with E-state index in [0.717, 1.165) is 31.9 Å². The van der Waals surface area contributed by atoms with Gasteiger partial charge in [0.25, 0.3) is 0 Å². The maximum absolute atomic E-state index is 5.86. The lowest BCUT2D eigenvalue weighted by Gasteiger charge is -2.24. The van der Waals surface area contributed by atoms with Crippen LogP contribution in [0.2, 0.25) is 0 Å². The second-order valence-electron chi connectivity index (χ2n) is 4.97. The first-order valence-corrected chi connectivity index (χ1v) is 6.71. The molecule has 3 N–H and O–H groups in total. The molecule has 1 aliphatic rings. The van der Waals surface area contributed by atoms with E-state index >= 15 is 0 Å². The molecule has 0 unspecified atom stereocenters. The molecule has 0 saturated carbocycles. The molecule has 1 aliphatic heterocycles. The van der Waals surface area contributed by atoms with Crippen molar-refractivity contribution < 1.29 is 0 Å². The number of nitrogen functional groups attached to an aromatic ring is 1. The number of hydrogen-bond donors (Lipinski definition) is 2. The van der Waals surface area contributed by atoms with Gasteiger partial charge < -0.3 is 16.0 Å². The molecule has 0 aromatic heterocycles. The van der Waals surface area contributed by atoms with Gasteiger partial charge in [0.2, 0.25) is 0 Å². The quantitative estimate of drug-likeness (QED) is 0.807. The first-order chi connectivity index (χ1) is 9.33. The van der Waals surface area contributed by atoms with Gasteiger partial charge in [-0.3, -0.25) is 0 Å². The Morgan fingerprint density at radius 1 is 1.11 bits per heavy atom. The molecule has 3 rings (SSSR count). The molecule has 0 aliphatic carbocycles. The third-order valence-electron chi connectivity index (χ3n) is 3.53. The monoisotopic (exact) mass is 253 g/mol. The van der Waals surface area contributed by atoms with Crippen molar-refractivity contribution in [3.05, 3.63) is 59.7 Å². The zero-order valence-electron chi connectivity index (χ0n) is 11.0. The van der Waals surface area contributed by atoms with E-state index in [1.165, 1.54) is 16.8 Å². The summed E-state index contributed by atoms with van der Waals surface area (Å²) in [5.41, 5.74) is 10.6. The van der Waals surface area contributed by atoms with Gasteiger partial charge in [0, 0.05) is 37.6 Å². The SMILES string of the molecule is Nc1cccc(CN2CCNCc3ccccc32)c1. The van der Waals surface area contributed by atoms with E-state index in [2.05, 4.69) is 46.6 Å². The second kappa shape index (κ2) is 5.33. The number of nitrogens with two attached hydrogens (primary N) is 1. The molecule has 3 heteroatoms. The molecule has 0 atom stereocenters. The highest BCUT2D eigenvalue weighted by Gasteiger charge is 2.14. The van der Waals surface area contributed by atoms with Gasteiger partial charge in [-0.1, -0.05) is 30.3 Å². The van der Waals surface area contributed by atoms with E-state index < -0.39 is 0 Å². The van der Waals surface area contributed by atoms with Crippen LogP contribution in [0.4, 0.5) is 11.4 Å². The lowest BCUT2D eigenvalue weighted by Crippen LogP contribution is -2.28. The zero-order chi connectivity index (χ0) is 13.1. The Kier molecular flexibility index (Phi) is 3.38. The van der Waals surface area contributed by atoms with Gasteiger partial charge in [-0.2, -0.15) is 0 Å². The third-order valence-corrected chi connectivity index (χ3v) is 3.53. The molecule has 0 amide bonds. The van der Waals surface area contributed by atoms with Gasteiger partial charge in [-0.25, -0.2) is 0 Å². The topological polar surface area (TPSA) is 41.3 Å². The Morgan fingerprint density at radius 3 is 2.89 bits per heavy atom. The maximum atomic E-state index is 5.86. The van der Waals surface area contributed by atoms with Crippen LogP contribution in [0.5, 0.6) is 0 Å². The number of nitrogens with one attached hydrogen (secondary N) is 1. The Balaban J connectivity index is 1.88. The average molecular weight is 253 g/mol. The van der Waals surface area contributed by atoms with Crippen LogP contribution in [0.15, 0.2) is 48.5 Å². The van der Waals surface area contributed by atoms with Crippen molar-refractivity contribution in [2.24, 2.45) is 0 Å². The summed E-state index contributed by atoms with van der Waals surface area (Å²) >= 11 is 0. The van der Waals surface area contributed by atoms with Gasteiger partial charge in [0.05, 0.1) is 0 Å². The molecule has 0 spiro atoms. The summed E-state index contributed by atoms with van der Waals surface area (Å²) in [6.45, 7) is 3.89. The van der Waals surface area contributed by atoms with Crippen molar-refractivity contribution in [1.29, 1.82) is 0 Å². The Hall–Kier alpha value is -2.00. The Morgan fingerprint density at radius 2 is 2.00 bits per heavy atom. The van der Waals surface area contributed by atoms with Gasteiger partial charge in [-0.05, 0) is 29.3 Å². The minimum absolute atomic E-state index is 0.832. The number of benzene rings is 2. The number of anilines is 2. The predicted octanol–water partition coefficient (Wildman–Crippen LogP) is 2.38. The van der Waals surface area contributed by atoms with Crippen LogP contribution in [-0.4, -0.2) is 13.1 Å². The molecule has 2 aromatic carbocycles. The molecule has 19 heavy (non-hydrogen) atoms. The van der Waals surface area contributed by atoms with Crippen molar-refractivity contribution in [2.45, 2.75) is 13.1 Å². The summed E-state index contributed by atoms with van der Waals surface area (Å²) in [4.78, 5) is 2.42. The molecule has 0 saturated heterocycles. The van der Waals surface area contributed by atoms with Crippen LogP contribution in [0.25, 0.3) is 0 Å². The summed E-state index contributed by atoms with van der Waals surface area (Å²) in [6.07, 6.45) is 0. The largest absolute Gasteiger partial charge is 0.399 e. The molecule has 3 nitrogen and oxygen atoms in total. The van der Waals surface area contributed by atoms with E-state index in [1.807, 2.05) is 12.1 Å². The van der Waals surface area contributed by atoms with E-state index in [1.54, 1.807) is 0 Å². The average Bonchev–Trinajstić information content (AvgIpc) is 2.62. The fourth-order valence-corrected chi connectivity index (χ4v) is 2.60. The normalized spacial score (nSPS) is 14.8. The zero-order valence-corrected chi connectivity index (χ0v) is 11.0. The first-order valence-electron chi connectivity index (χ1n) is 6.71. The van der Waals surface area contributed by atoms with Crippen LogP contribution in [-0.2, 0) is 13.1 Å². The molecule has 98 valence electrons. The van der Waals surface area contributed by atoms with E-state index in [-0.39, 0.29) is 0 Å². The summed E-state index contributed by atoms with van der Waals surface area (Å²) in [7, 11) is 0. The van der Waals surface area contributed by atoms with Crippen molar-refractivity contribution in [3.8, 4) is 0 Å². The van der Waals surface area contributed by atoms with Crippen molar-refractivity contribution in [2.75, 3.05) is 23.7 Å². The third kappa shape index (κ3) is 2.71. The first kappa shape index (κ1) is 12.1.